The average Bonchev–Trinajstić information content (AvgIpc) is 3.50. The van der Waals surface area contributed by atoms with Gasteiger partial charge in [-0.3, -0.25) is 4.79 Å². The SMILES string of the molecule is COc1cc(NC(=O)N(CC(=O)N(Cc2cccn2C)C2CC2)C(C)C)cc(OC)c1. The summed E-state index contributed by atoms with van der Waals surface area (Å²) in [6.45, 7) is 4.37. The molecule has 0 aliphatic heterocycles. The van der Waals surface area contributed by atoms with Crippen LogP contribution >= 0.6 is 0 Å². The summed E-state index contributed by atoms with van der Waals surface area (Å²) in [6.07, 6.45) is 3.99. The second kappa shape index (κ2) is 9.76. The van der Waals surface area contributed by atoms with Crippen LogP contribution in [0.3, 0.4) is 0 Å². The van der Waals surface area contributed by atoms with Gasteiger partial charge in [-0.15, -0.1) is 0 Å². The van der Waals surface area contributed by atoms with Crippen LogP contribution in [0.4, 0.5) is 10.5 Å². The molecule has 1 N–H and O–H groups in total. The molecule has 168 valence electrons. The van der Waals surface area contributed by atoms with Crippen LogP contribution in [0.1, 0.15) is 32.4 Å². The number of anilines is 1. The normalized spacial score (nSPS) is 13.1. The molecule has 8 nitrogen and oxygen atoms in total. The topological polar surface area (TPSA) is 76.0 Å². The Kier molecular flexibility index (Phi) is 7.09. The van der Waals surface area contributed by atoms with Gasteiger partial charge in [-0.05, 0) is 38.8 Å². The predicted molar refractivity (Wildman–Crippen MR) is 119 cm³/mol. The van der Waals surface area contributed by atoms with Crippen LogP contribution < -0.4 is 14.8 Å². The highest BCUT2D eigenvalue weighted by Crippen LogP contribution is 2.29. The smallest absolute Gasteiger partial charge is 0.322 e. The molecule has 3 rings (SSSR count). The van der Waals surface area contributed by atoms with Crippen molar-refractivity contribution in [2.24, 2.45) is 7.05 Å². The third kappa shape index (κ3) is 5.71. The van der Waals surface area contributed by atoms with E-state index in [0.29, 0.717) is 23.7 Å². The van der Waals surface area contributed by atoms with Gasteiger partial charge < -0.3 is 29.2 Å². The largest absolute Gasteiger partial charge is 0.497 e. The number of nitrogens with one attached hydrogen (secondary N) is 1. The number of methoxy groups -OCH3 is 2. The molecule has 1 aliphatic rings. The molecule has 1 aromatic carbocycles. The van der Waals surface area contributed by atoms with Crippen LogP contribution in [0.15, 0.2) is 36.5 Å². The minimum absolute atomic E-state index is 0.0194. The number of nitrogens with zero attached hydrogens (tertiary/aromatic N) is 3. The zero-order valence-electron chi connectivity index (χ0n) is 18.9. The zero-order chi connectivity index (χ0) is 22.5. The summed E-state index contributed by atoms with van der Waals surface area (Å²) in [5.74, 6) is 1.10. The van der Waals surface area contributed by atoms with Gasteiger partial charge in [-0.1, -0.05) is 0 Å². The number of hydrogen-bond acceptors (Lipinski definition) is 4. The number of hydrogen-bond donors (Lipinski definition) is 1. The van der Waals surface area contributed by atoms with Crippen molar-refractivity contribution in [1.82, 2.24) is 14.4 Å². The molecule has 8 heteroatoms. The van der Waals surface area contributed by atoms with Crippen molar-refractivity contribution in [3.63, 3.8) is 0 Å². The fourth-order valence-electron chi connectivity index (χ4n) is 3.44. The van der Waals surface area contributed by atoms with Crippen LogP contribution in [-0.4, -0.2) is 59.2 Å². The summed E-state index contributed by atoms with van der Waals surface area (Å²) in [5, 5.41) is 2.87. The van der Waals surface area contributed by atoms with Gasteiger partial charge >= 0.3 is 6.03 Å². The lowest BCUT2D eigenvalue weighted by Crippen LogP contribution is -2.48. The van der Waals surface area contributed by atoms with Crippen LogP contribution in [0.2, 0.25) is 0 Å². The summed E-state index contributed by atoms with van der Waals surface area (Å²) in [7, 11) is 5.08. The molecule has 31 heavy (non-hydrogen) atoms. The standard InChI is InChI=1S/C23H32N4O4/c1-16(2)26(23(29)24-17-11-20(30-4)13-21(12-17)31-5)15-22(28)27(18-8-9-18)14-19-7-6-10-25(19)3/h6-7,10-13,16,18H,8-9,14-15H2,1-5H3,(H,24,29). The van der Waals surface area contributed by atoms with E-state index < -0.39 is 0 Å². The number of urea groups is 1. The van der Waals surface area contributed by atoms with E-state index in [1.165, 1.54) is 0 Å². The summed E-state index contributed by atoms with van der Waals surface area (Å²) in [5.41, 5.74) is 1.62. The van der Waals surface area contributed by atoms with Crippen LogP contribution in [-0.2, 0) is 18.4 Å². The summed E-state index contributed by atoms with van der Waals surface area (Å²) in [6, 6.07) is 8.92. The Hall–Kier alpha value is -3.16. The number of amides is 3. The number of aromatic nitrogens is 1. The number of carbonyl (C=O) groups is 2. The maximum atomic E-state index is 13.2. The van der Waals surface area contributed by atoms with Crippen molar-refractivity contribution in [3.8, 4) is 11.5 Å². The lowest BCUT2D eigenvalue weighted by molar-refractivity contribution is -0.133. The van der Waals surface area contributed by atoms with Crippen LogP contribution in [0.25, 0.3) is 0 Å². The van der Waals surface area contributed by atoms with Gasteiger partial charge in [0, 0.05) is 54.9 Å². The minimum Gasteiger partial charge on any atom is -0.497 e. The maximum absolute atomic E-state index is 13.2. The summed E-state index contributed by atoms with van der Waals surface area (Å²) >= 11 is 0. The highest BCUT2D eigenvalue weighted by Gasteiger charge is 2.34. The highest BCUT2D eigenvalue weighted by molar-refractivity contribution is 5.93. The Bertz CT molecular complexity index is 898. The molecular weight excluding hydrogens is 396 g/mol. The molecular formula is C23H32N4O4. The molecule has 1 heterocycles. The van der Waals surface area contributed by atoms with Crippen molar-refractivity contribution < 1.29 is 19.1 Å². The first-order valence-electron chi connectivity index (χ1n) is 10.5. The molecule has 3 amide bonds. The highest BCUT2D eigenvalue weighted by atomic mass is 16.5. The Labute approximate surface area is 183 Å². The number of aryl methyl sites for hydroxylation is 1. The molecule has 0 spiro atoms. The third-order valence-corrected chi connectivity index (χ3v) is 5.48. The Morgan fingerprint density at radius 1 is 1.16 bits per heavy atom. The molecule has 0 unspecified atom stereocenters. The van der Waals surface area contributed by atoms with Crippen LogP contribution in [0.5, 0.6) is 11.5 Å². The van der Waals surface area contributed by atoms with Gasteiger partial charge in [0.1, 0.15) is 18.0 Å². The maximum Gasteiger partial charge on any atom is 0.322 e. The molecule has 1 saturated carbocycles. The first kappa shape index (κ1) is 22.5. The predicted octanol–water partition coefficient (Wildman–Crippen LogP) is 3.48. The van der Waals surface area contributed by atoms with E-state index in [-0.39, 0.29) is 30.6 Å². The van der Waals surface area contributed by atoms with Gasteiger partial charge in [0.05, 0.1) is 20.8 Å². The third-order valence-electron chi connectivity index (χ3n) is 5.48. The zero-order valence-corrected chi connectivity index (χ0v) is 18.9. The van der Waals surface area contributed by atoms with Crippen molar-refractivity contribution in [1.29, 1.82) is 0 Å². The second-order valence-corrected chi connectivity index (χ2v) is 8.12. The average molecular weight is 429 g/mol. The fraction of sp³-hybridized carbons (Fsp3) is 0.478. The van der Waals surface area contributed by atoms with Crippen LogP contribution in [0, 0.1) is 0 Å². The fourth-order valence-corrected chi connectivity index (χ4v) is 3.44. The first-order chi connectivity index (χ1) is 14.8. The molecule has 0 saturated heterocycles. The van der Waals surface area contributed by atoms with E-state index in [2.05, 4.69) is 5.32 Å². The molecule has 1 aliphatic carbocycles. The number of ether oxygens (including phenoxy) is 2. The van der Waals surface area contributed by atoms with E-state index in [4.69, 9.17) is 9.47 Å². The first-order valence-corrected chi connectivity index (χ1v) is 10.5. The summed E-state index contributed by atoms with van der Waals surface area (Å²) in [4.78, 5) is 29.7. The molecule has 1 aromatic heterocycles. The Morgan fingerprint density at radius 3 is 2.29 bits per heavy atom. The molecule has 1 fully saturated rings. The van der Waals surface area contributed by atoms with Gasteiger partial charge in [-0.25, -0.2) is 4.79 Å². The number of benzene rings is 1. The van der Waals surface area contributed by atoms with E-state index in [9.17, 15) is 9.59 Å². The van der Waals surface area contributed by atoms with E-state index in [0.717, 1.165) is 18.5 Å². The summed E-state index contributed by atoms with van der Waals surface area (Å²) < 4.78 is 12.6. The van der Waals surface area contributed by atoms with Crippen molar-refractivity contribution in [3.05, 3.63) is 42.2 Å². The van der Waals surface area contributed by atoms with Gasteiger partial charge in [0.2, 0.25) is 5.91 Å². The molecule has 0 radical (unpaired) electrons. The van der Waals surface area contributed by atoms with E-state index in [1.54, 1.807) is 37.3 Å². The number of rotatable bonds is 9. The van der Waals surface area contributed by atoms with Gasteiger partial charge in [0.25, 0.3) is 0 Å². The molecule has 0 bridgehead atoms. The molecule has 0 atom stereocenters. The lowest BCUT2D eigenvalue weighted by Gasteiger charge is -2.30. The number of carbonyl (C=O) groups excluding carboxylic acids is 2. The van der Waals surface area contributed by atoms with E-state index in [1.807, 2.05) is 48.7 Å². The van der Waals surface area contributed by atoms with Gasteiger partial charge in [0.15, 0.2) is 0 Å². The Morgan fingerprint density at radius 2 is 1.81 bits per heavy atom. The van der Waals surface area contributed by atoms with Gasteiger partial charge in [-0.2, -0.15) is 0 Å². The molecule has 2 aromatic rings. The second-order valence-electron chi connectivity index (χ2n) is 8.12. The van der Waals surface area contributed by atoms with Crippen molar-refractivity contribution in [2.45, 2.75) is 45.3 Å². The lowest BCUT2D eigenvalue weighted by atomic mass is 10.2. The minimum atomic E-state index is -0.340. The van der Waals surface area contributed by atoms with Crippen molar-refractivity contribution >= 4 is 17.6 Å². The quantitative estimate of drug-likeness (QED) is 0.664. The monoisotopic (exact) mass is 428 g/mol. The van der Waals surface area contributed by atoms with E-state index >= 15 is 0 Å². The Balaban J connectivity index is 1.71. The van der Waals surface area contributed by atoms with Crippen molar-refractivity contribution in [2.75, 3.05) is 26.1 Å².